The first kappa shape index (κ1) is 27.0. The standard InChI is InChI=1S/C37H34N2O4/c1-22-9-11-24(12-10-22)32-18-26(39-43-32)21-42-33-17-25(14-16-31(33)41-4)34-35-27-8-6-5-7-23(27)13-15-28(35)38-29-19-37(2,3)20-30(40)36(29)34/h5-18,34,38H,19-21H2,1-4H3. The average molecular weight is 571 g/mol. The molecule has 0 spiro atoms. The van der Waals surface area contributed by atoms with Gasteiger partial charge in [0.15, 0.2) is 23.0 Å². The third kappa shape index (κ3) is 4.97. The summed E-state index contributed by atoms with van der Waals surface area (Å²) in [5.74, 6) is 1.84. The van der Waals surface area contributed by atoms with Gasteiger partial charge in [-0.25, -0.2) is 0 Å². The number of anilines is 1. The lowest BCUT2D eigenvalue weighted by Gasteiger charge is -2.40. The fraction of sp³-hybridized carbons (Fsp3) is 0.243. The molecule has 1 unspecified atom stereocenters. The highest BCUT2D eigenvalue weighted by atomic mass is 16.5. The zero-order valence-corrected chi connectivity index (χ0v) is 24.9. The summed E-state index contributed by atoms with van der Waals surface area (Å²) in [5.41, 5.74) is 7.71. The van der Waals surface area contributed by atoms with Crippen molar-refractivity contribution in [3.8, 4) is 22.8 Å². The number of carbonyl (C=O) groups is 1. The fourth-order valence-corrected chi connectivity index (χ4v) is 6.51. The van der Waals surface area contributed by atoms with Crippen LogP contribution in [0.2, 0.25) is 0 Å². The summed E-state index contributed by atoms with van der Waals surface area (Å²) in [6, 6.07) is 28.7. The molecule has 5 aromatic rings. The van der Waals surface area contributed by atoms with E-state index in [1.54, 1.807) is 7.11 Å². The maximum Gasteiger partial charge on any atom is 0.167 e. The van der Waals surface area contributed by atoms with Gasteiger partial charge in [0, 0.05) is 40.9 Å². The Kier molecular flexibility index (Phi) is 6.57. The number of hydrogen-bond acceptors (Lipinski definition) is 6. The Morgan fingerprint density at radius 3 is 2.58 bits per heavy atom. The number of benzene rings is 4. The van der Waals surface area contributed by atoms with Crippen molar-refractivity contribution in [1.82, 2.24) is 5.16 Å². The Hall–Kier alpha value is -4.84. The largest absolute Gasteiger partial charge is 0.493 e. The highest BCUT2D eigenvalue weighted by Gasteiger charge is 2.41. The zero-order valence-electron chi connectivity index (χ0n) is 24.9. The van der Waals surface area contributed by atoms with Crippen molar-refractivity contribution in [2.45, 2.75) is 46.1 Å². The summed E-state index contributed by atoms with van der Waals surface area (Å²) in [7, 11) is 1.63. The molecule has 1 atom stereocenters. The molecule has 0 bridgehead atoms. The number of ketones is 1. The van der Waals surface area contributed by atoms with Crippen LogP contribution in [0.25, 0.3) is 22.1 Å². The molecule has 6 nitrogen and oxygen atoms in total. The number of Topliss-reactive ketones (excluding diaryl/α,β-unsaturated/α-hetero) is 1. The molecule has 1 aliphatic heterocycles. The van der Waals surface area contributed by atoms with Gasteiger partial charge in [-0.1, -0.05) is 85.2 Å². The molecule has 0 fully saturated rings. The van der Waals surface area contributed by atoms with Gasteiger partial charge in [-0.15, -0.1) is 0 Å². The summed E-state index contributed by atoms with van der Waals surface area (Å²) >= 11 is 0. The first-order valence-electron chi connectivity index (χ1n) is 14.7. The molecule has 2 aliphatic rings. The predicted octanol–water partition coefficient (Wildman–Crippen LogP) is 8.59. The molecule has 1 aromatic heterocycles. The van der Waals surface area contributed by atoms with Crippen molar-refractivity contribution in [1.29, 1.82) is 0 Å². The lowest BCUT2D eigenvalue weighted by atomic mass is 9.68. The van der Waals surface area contributed by atoms with Crippen LogP contribution in [0.5, 0.6) is 11.5 Å². The first-order chi connectivity index (χ1) is 20.8. The van der Waals surface area contributed by atoms with Crippen molar-refractivity contribution < 1.29 is 18.8 Å². The fourth-order valence-electron chi connectivity index (χ4n) is 6.51. The number of fused-ring (bicyclic) bond motifs is 3. The molecule has 4 aromatic carbocycles. The minimum atomic E-state index is -0.241. The van der Waals surface area contributed by atoms with E-state index in [-0.39, 0.29) is 23.7 Å². The molecule has 6 heteroatoms. The molecular weight excluding hydrogens is 536 g/mol. The monoisotopic (exact) mass is 570 g/mol. The molecule has 2 heterocycles. The molecule has 1 N–H and O–H groups in total. The van der Waals surface area contributed by atoms with Gasteiger partial charge in [-0.3, -0.25) is 4.79 Å². The van der Waals surface area contributed by atoms with Gasteiger partial charge >= 0.3 is 0 Å². The Labute approximate surface area is 251 Å². The number of rotatable bonds is 6. The van der Waals surface area contributed by atoms with Crippen LogP contribution in [-0.4, -0.2) is 18.0 Å². The highest BCUT2D eigenvalue weighted by Crippen LogP contribution is 2.51. The molecule has 216 valence electrons. The summed E-state index contributed by atoms with van der Waals surface area (Å²) in [4.78, 5) is 13.9. The smallest absolute Gasteiger partial charge is 0.167 e. The second kappa shape index (κ2) is 10.5. The molecule has 0 saturated carbocycles. The SMILES string of the molecule is COc1ccc(C2C3=C(CC(C)(C)CC3=O)Nc3ccc4ccccc4c32)cc1OCc1cc(-c2ccc(C)cc2)on1. The van der Waals surface area contributed by atoms with E-state index >= 15 is 0 Å². The van der Waals surface area contributed by atoms with Crippen LogP contribution in [0.4, 0.5) is 5.69 Å². The van der Waals surface area contributed by atoms with E-state index < -0.39 is 0 Å². The number of hydrogen-bond donors (Lipinski definition) is 1. The Morgan fingerprint density at radius 1 is 0.953 bits per heavy atom. The van der Waals surface area contributed by atoms with Gasteiger partial charge < -0.3 is 19.3 Å². The lowest BCUT2D eigenvalue weighted by molar-refractivity contribution is -0.118. The summed E-state index contributed by atoms with van der Waals surface area (Å²) < 4.78 is 17.6. The van der Waals surface area contributed by atoms with Crippen LogP contribution >= 0.6 is 0 Å². The number of methoxy groups -OCH3 is 1. The van der Waals surface area contributed by atoms with E-state index in [4.69, 9.17) is 14.0 Å². The van der Waals surface area contributed by atoms with Crippen molar-refractivity contribution in [2.75, 3.05) is 12.4 Å². The van der Waals surface area contributed by atoms with Gasteiger partial charge in [0.05, 0.1) is 7.11 Å². The van der Waals surface area contributed by atoms with E-state index in [1.165, 1.54) is 5.56 Å². The molecule has 1 aliphatic carbocycles. The van der Waals surface area contributed by atoms with E-state index in [2.05, 4.69) is 67.6 Å². The molecule has 43 heavy (non-hydrogen) atoms. The number of aryl methyl sites for hydroxylation is 1. The minimum absolute atomic E-state index is 0.106. The van der Waals surface area contributed by atoms with E-state index in [0.717, 1.165) is 50.8 Å². The zero-order chi connectivity index (χ0) is 29.7. The van der Waals surface area contributed by atoms with Gasteiger partial charge in [0.1, 0.15) is 12.3 Å². The van der Waals surface area contributed by atoms with E-state index in [9.17, 15) is 4.79 Å². The quantitative estimate of drug-likeness (QED) is 0.220. The van der Waals surface area contributed by atoms with Crippen molar-refractivity contribution in [2.24, 2.45) is 5.41 Å². The third-order valence-corrected chi connectivity index (χ3v) is 8.55. The van der Waals surface area contributed by atoms with Crippen LogP contribution in [0.3, 0.4) is 0 Å². The molecule has 0 saturated heterocycles. The van der Waals surface area contributed by atoms with Gasteiger partial charge in [0.2, 0.25) is 0 Å². The van der Waals surface area contributed by atoms with Crippen molar-refractivity contribution >= 4 is 22.2 Å². The lowest BCUT2D eigenvalue weighted by Crippen LogP contribution is -2.33. The Balaban J connectivity index is 1.28. The number of allylic oxidation sites excluding steroid dienone is 2. The number of ether oxygens (including phenoxy) is 2. The van der Waals surface area contributed by atoms with E-state index in [0.29, 0.717) is 29.4 Å². The summed E-state index contributed by atoms with van der Waals surface area (Å²) in [5, 5.41) is 10.2. The third-order valence-electron chi connectivity index (χ3n) is 8.55. The van der Waals surface area contributed by atoms with Gasteiger partial charge in [-0.05, 0) is 58.9 Å². The van der Waals surface area contributed by atoms with Crippen LogP contribution in [-0.2, 0) is 11.4 Å². The highest BCUT2D eigenvalue weighted by molar-refractivity contribution is 6.04. The second-order valence-electron chi connectivity index (χ2n) is 12.4. The minimum Gasteiger partial charge on any atom is -0.493 e. The summed E-state index contributed by atoms with van der Waals surface area (Å²) in [6.45, 7) is 6.59. The first-order valence-corrected chi connectivity index (χ1v) is 14.7. The Morgan fingerprint density at radius 2 is 1.77 bits per heavy atom. The maximum absolute atomic E-state index is 13.9. The van der Waals surface area contributed by atoms with E-state index in [1.807, 2.05) is 48.5 Å². The number of nitrogens with zero attached hydrogens (tertiary/aromatic N) is 1. The summed E-state index contributed by atoms with van der Waals surface area (Å²) in [6.07, 6.45) is 1.32. The number of nitrogens with one attached hydrogen (secondary N) is 1. The van der Waals surface area contributed by atoms with Crippen LogP contribution < -0.4 is 14.8 Å². The second-order valence-corrected chi connectivity index (χ2v) is 12.4. The van der Waals surface area contributed by atoms with Crippen LogP contribution in [0, 0.1) is 12.3 Å². The van der Waals surface area contributed by atoms with Crippen molar-refractivity contribution in [3.63, 3.8) is 0 Å². The van der Waals surface area contributed by atoms with Crippen molar-refractivity contribution in [3.05, 3.63) is 119 Å². The molecule has 0 amide bonds. The molecule has 7 rings (SSSR count). The Bertz CT molecular complexity index is 1900. The molecular formula is C37H34N2O4. The average Bonchev–Trinajstić information content (AvgIpc) is 3.47. The van der Waals surface area contributed by atoms with Crippen LogP contribution in [0.1, 0.15) is 55.0 Å². The normalized spacial score (nSPS) is 17.3. The van der Waals surface area contributed by atoms with Gasteiger partial charge in [0.25, 0.3) is 0 Å². The predicted molar refractivity (Wildman–Crippen MR) is 168 cm³/mol. The number of aromatic nitrogens is 1. The number of carbonyl (C=O) groups excluding carboxylic acids is 1. The topological polar surface area (TPSA) is 73.6 Å². The maximum atomic E-state index is 13.9. The van der Waals surface area contributed by atoms with Crippen LogP contribution in [0.15, 0.2) is 101 Å². The molecule has 0 radical (unpaired) electrons. The van der Waals surface area contributed by atoms with Gasteiger partial charge in [-0.2, -0.15) is 0 Å².